The van der Waals surface area contributed by atoms with Gasteiger partial charge in [-0.05, 0) is 50.6 Å². The summed E-state index contributed by atoms with van der Waals surface area (Å²) in [6.07, 6.45) is 9.22. The second kappa shape index (κ2) is 6.32. The molecule has 1 aliphatic carbocycles. The van der Waals surface area contributed by atoms with Gasteiger partial charge in [0.2, 0.25) is 5.88 Å². The minimum atomic E-state index is 0.419. The van der Waals surface area contributed by atoms with E-state index in [9.17, 15) is 0 Å². The van der Waals surface area contributed by atoms with Gasteiger partial charge in [-0.2, -0.15) is 0 Å². The first kappa shape index (κ1) is 14.7. The monoisotopic (exact) mass is 312 g/mol. The smallest absolute Gasteiger partial charge is 0.212 e. The highest BCUT2D eigenvalue weighted by atomic mass is 16.5. The fourth-order valence-corrected chi connectivity index (χ4v) is 3.82. The number of hydrogen-bond acceptors (Lipinski definition) is 4. The van der Waals surface area contributed by atoms with Crippen molar-refractivity contribution in [2.24, 2.45) is 0 Å². The van der Waals surface area contributed by atoms with Crippen LogP contribution in [0.4, 0.5) is 0 Å². The number of aryl methyl sites for hydroxylation is 2. The molecule has 0 bridgehead atoms. The Kier molecular flexibility index (Phi) is 4.04. The summed E-state index contributed by atoms with van der Waals surface area (Å²) in [7, 11) is 1.65. The van der Waals surface area contributed by atoms with Crippen LogP contribution in [0.2, 0.25) is 0 Å². The number of nitrogens with one attached hydrogen (secondary N) is 1. The second-order valence-electron chi connectivity index (χ2n) is 6.59. The third-order valence-electron chi connectivity index (χ3n) is 5.04. The van der Waals surface area contributed by atoms with E-state index in [0.29, 0.717) is 11.9 Å². The summed E-state index contributed by atoms with van der Waals surface area (Å²) >= 11 is 0. The molecule has 122 valence electrons. The van der Waals surface area contributed by atoms with Crippen LogP contribution >= 0.6 is 0 Å². The van der Waals surface area contributed by atoms with Crippen LogP contribution in [-0.2, 0) is 19.4 Å². The van der Waals surface area contributed by atoms with Gasteiger partial charge in [-0.25, -0.2) is 9.97 Å². The zero-order valence-corrected chi connectivity index (χ0v) is 13.7. The van der Waals surface area contributed by atoms with Crippen LogP contribution in [0, 0.1) is 0 Å². The zero-order chi connectivity index (χ0) is 15.6. The van der Waals surface area contributed by atoms with E-state index in [-0.39, 0.29) is 0 Å². The number of aromatic nitrogens is 3. The molecule has 5 nitrogen and oxygen atoms in total. The van der Waals surface area contributed by atoms with E-state index in [2.05, 4.69) is 20.9 Å². The summed E-state index contributed by atoms with van der Waals surface area (Å²) in [6, 6.07) is 4.46. The number of ether oxygens (including phenoxy) is 1. The van der Waals surface area contributed by atoms with Crippen molar-refractivity contribution < 1.29 is 4.74 Å². The SMILES string of the molecule is COc1ccc(CN2CCC[C@@H]2c2nc3c([nH]2)CCCC3)cn1. The lowest BCUT2D eigenvalue weighted by atomic mass is 10.0. The molecule has 2 aliphatic rings. The van der Waals surface area contributed by atoms with Crippen LogP contribution in [0.25, 0.3) is 0 Å². The summed E-state index contributed by atoms with van der Waals surface area (Å²) in [5.74, 6) is 1.85. The van der Waals surface area contributed by atoms with Crippen molar-refractivity contribution >= 4 is 0 Å². The first-order valence-corrected chi connectivity index (χ1v) is 8.64. The number of hydrogen-bond donors (Lipinski definition) is 1. The van der Waals surface area contributed by atoms with E-state index < -0.39 is 0 Å². The maximum Gasteiger partial charge on any atom is 0.212 e. The fraction of sp³-hybridized carbons (Fsp3) is 0.556. The zero-order valence-electron chi connectivity index (χ0n) is 13.7. The first-order valence-electron chi connectivity index (χ1n) is 8.64. The summed E-state index contributed by atoms with van der Waals surface area (Å²) < 4.78 is 5.14. The van der Waals surface area contributed by atoms with Gasteiger partial charge in [0, 0.05) is 24.5 Å². The minimum Gasteiger partial charge on any atom is -0.481 e. The van der Waals surface area contributed by atoms with Crippen molar-refractivity contribution in [3.05, 3.63) is 41.1 Å². The Morgan fingerprint density at radius 1 is 1.26 bits per heavy atom. The van der Waals surface area contributed by atoms with Gasteiger partial charge < -0.3 is 9.72 Å². The van der Waals surface area contributed by atoms with Crippen LogP contribution in [0.15, 0.2) is 18.3 Å². The number of aromatic amines is 1. The maximum absolute atomic E-state index is 5.14. The number of fused-ring (bicyclic) bond motifs is 1. The second-order valence-corrected chi connectivity index (χ2v) is 6.59. The molecule has 1 N–H and O–H groups in total. The van der Waals surface area contributed by atoms with Crippen LogP contribution in [0.1, 0.15) is 54.5 Å². The Morgan fingerprint density at radius 3 is 2.96 bits per heavy atom. The molecule has 4 rings (SSSR count). The fourth-order valence-electron chi connectivity index (χ4n) is 3.82. The molecule has 5 heteroatoms. The van der Waals surface area contributed by atoms with Crippen molar-refractivity contribution in [2.45, 2.75) is 51.1 Å². The summed E-state index contributed by atoms with van der Waals surface area (Å²) in [5.41, 5.74) is 3.92. The van der Waals surface area contributed by atoms with Gasteiger partial charge in [-0.3, -0.25) is 4.90 Å². The lowest BCUT2D eigenvalue weighted by Crippen LogP contribution is -2.23. The van der Waals surface area contributed by atoms with Crippen LogP contribution in [0.5, 0.6) is 5.88 Å². The Labute approximate surface area is 137 Å². The average molecular weight is 312 g/mol. The number of likely N-dealkylation sites (tertiary alicyclic amines) is 1. The predicted molar refractivity (Wildman–Crippen MR) is 88.4 cm³/mol. The Morgan fingerprint density at radius 2 is 2.17 bits per heavy atom. The number of methoxy groups -OCH3 is 1. The van der Waals surface area contributed by atoms with Crippen molar-refractivity contribution in [3.63, 3.8) is 0 Å². The quantitative estimate of drug-likeness (QED) is 0.943. The first-order chi connectivity index (χ1) is 11.3. The average Bonchev–Trinajstić information content (AvgIpc) is 3.21. The molecule has 1 atom stereocenters. The molecule has 0 unspecified atom stereocenters. The molecule has 3 heterocycles. The van der Waals surface area contributed by atoms with Crippen LogP contribution in [-0.4, -0.2) is 33.5 Å². The number of H-pyrrole nitrogens is 1. The van der Waals surface area contributed by atoms with Gasteiger partial charge in [0.15, 0.2) is 0 Å². The molecule has 0 radical (unpaired) electrons. The minimum absolute atomic E-state index is 0.419. The maximum atomic E-state index is 5.14. The van der Waals surface area contributed by atoms with Crippen molar-refractivity contribution in [3.8, 4) is 5.88 Å². The lowest BCUT2D eigenvalue weighted by molar-refractivity contribution is 0.240. The van der Waals surface area contributed by atoms with E-state index in [1.54, 1.807) is 7.11 Å². The van der Waals surface area contributed by atoms with E-state index in [0.717, 1.165) is 25.9 Å². The van der Waals surface area contributed by atoms with Crippen molar-refractivity contribution in [1.82, 2.24) is 19.9 Å². The standard InChI is InChI=1S/C18H24N4O/c1-23-17-9-8-13(11-19-17)12-22-10-4-7-16(22)18-20-14-5-2-3-6-15(14)21-18/h8-9,11,16H,2-7,10,12H2,1H3,(H,20,21)/t16-/m1/s1. The number of rotatable bonds is 4. The molecule has 23 heavy (non-hydrogen) atoms. The summed E-state index contributed by atoms with van der Waals surface area (Å²) in [5, 5.41) is 0. The van der Waals surface area contributed by atoms with E-state index in [1.807, 2.05) is 12.3 Å². The highest BCUT2D eigenvalue weighted by Gasteiger charge is 2.29. The van der Waals surface area contributed by atoms with Gasteiger partial charge >= 0.3 is 0 Å². The highest BCUT2D eigenvalue weighted by molar-refractivity contribution is 5.21. The summed E-state index contributed by atoms with van der Waals surface area (Å²) in [6.45, 7) is 2.05. The van der Waals surface area contributed by atoms with Crippen molar-refractivity contribution in [2.75, 3.05) is 13.7 Å². The van der Waals surface area contributed by atoms with Gasteiger partial charge in [0.25, 0.3) is 0 Å². The van der Waals surface area contributed by atoms with E-state index in [1.165, 1.54) is 48.5 Å². The van der Waals surface area contributed by atoms with Crippen LogP contribution in [0.3, 0.4) is 0 Å². The van der Waals surface area contributed by atoms with Gasteiger partial charge in [0.05, 0.1) is 18.8 Å². The van der Waals surface area contributed by atoms with E-state index >= 15 is 0 Å². The van der Waals surface area contributed by atoms with Gasteiger partial charge in [-0.15, -0.1) is 0 Å². The van der Waals surface area contributed by atoms with Gasteiger partial charge in [0.1, 0.15) is 5.82 Å². The van der Waals surface area contributed by atoms with Gasteiger partial charge in [-0.1, -0.05) is 6.07 Å². The topological polar surface area (TPSA) is 54.0 Å². The summed E-state index contributed by atoms with van der Waals surface area (Å²) in [4.78, 5) is 15.4. The molecule has 2 aromatic rings. The molecule has 0 saturated carbocycles. The predicted octanol–water partition coefficient (Wildman–Crippen LogP) is 3.03. The molecule has 0 spiro atoms. The highest BCUT2D eigenvalue weighted by Crippen LogP contribution is 2.33. The molecular weight excluding hydrogens is 288 g/mol. The van der Waals surface area contributed by atoms with E-state index in [4.69, 9.17) is 9.72 Å². The van der Waals surface area contributed by atoms with Crippen molar-refractivity contribution in [1.29, 1.82) is 0 Å². The third kappa shape index (κ3) is 2.98. The largest absolute Gasteiger partial charge is 0.481 e. The van der Waals surface area contributed by atoms with Crippen LogP contribution < -0.4 is 4.74 Å². The number of nitrogens with zero attached hydrogens (tertiary/aromatic N) is 3. The molecular formula is C18H24N4O. The molecule has 1 aliphatic heterocycles. The number of imidazole rings is 1. The molecule has 2 aromatic heterocycles. The molecule has 0 amide bonds. The Hall–Kier alpha value is -1.88. The molecule has 1 saturated heterocycles. The Balaban J connectivity index is 1.50. The third-order valence-corrected chi connectivity index (χ3v) is 5.04. The Bertz CT molecular complexity index is 641. The lowest BCUT2D eigenvalue weighted by Gasteiger charge is -2.22. The molecule has 0 aromatic carbocycles. The molecule has 1 fully saturated rings. The number of pyridine rings is 1. The normalized spacial score (nSPS) is 21.3.